The summed E-state index contributed by atoms with van der Waals surface area (Å²) in [6, 6.07) is 9.08. The van der Waals surface area contributed by atoms with Crippen LogP contribution in [-0.2, 0) is 13.6 Å². The number of aromatic amines is 1. The molecule has 1 amide bonds. The summed E-state index contributed by atoms with van der Waals surface area (Å²) in [4.78, 5) is 22.1. The van der Waals surface area contributed by atoms with Crippen LogP contribution < -0.4 is 5.32 Å². The second kappa shape index (κ2) is 7.15. The Kier molecular flexibility index (Phi) is 4.70. The highest BCUT2D eigenvalue weighted by Crippen LogP contribution is 2.33. The minimum atomic E-state index is -0.303. The van der Waals surface area contributed by atoms with Gasteiger partial charge in [-0.3, -0.25) is 9.69 Å². The molecule has 27 heavy (non-hydrogen) atoms. The van der Waals surface area contributed by atoms with Gasteiger partial charge in [-0.25, -0.2) is 9.37 Å². The van der Waals surface area contributed by atoms with Crippen molar-refractivity contribution in [2.75, 3.05) is 13.6 Å². The number of nitrogens with one attached hydrogen (secondary N) is 2. The van der Waals surface area contributed by atoms with Gasteiger partial charge >= 0.3 is 0 Å². The number of carbonyl (C=O) groups is 1. The second-order valence-electron chi connectivity index (χ2n) is 7.08. The number of rotatable bonds is 4. The maximum absolute atomic E-state index is 13.9. The number of amides is 1. The fourth-order valence-electron chi connectivity index (χ4n) is 4.05. The lowest BCUT2D eigenvalue weighted by Crippen LogP contribution is -2.34. The lowest BCUT2D eigenvalue weighted by atomic mass is 9.99. The molecule has 0 bridgehead atoms. The molecule has 1 aromatic carbocycles. The normalized spacial score (nSPS) is 18.1. The molecule has 2 N–H and O–H groups in total. The third kappa shape index (κ3) is 3.23. The molecule has 1 aliphatic heterocycles. The van der Waals surface area contributed by atoms with E-state index in [1.807, 2.05) is 29.8 Å². The molecular weight excluding hydrogens is 345 g/mol. The van der Waals surface area contributed by atoms with Crippen LogP contribution in [0.5, 0.6) is 0 Å². The van der Waals surface area contributed by atoms with Crippen LogP contribution in [0.4, 0.5) is 4.39 Å². The lowest BCUT2D eigenvalue weighted by molar-refractivity contribution is 0.0952. The molecule has 0 saturated carbocycles. The SMILES string of the molecule is CNC(=O)c1ccc(C2CCCCN2Cc2nc3c(F)cccc3[nH]2)n1C. The molecule has 2 aromatic heterocycles. The van der Waals surface area contributed by atoms with Crippen molar-refractivity contribution in [1.82, 2.24) is 24.8 Å². The standard InChI is InChI=1S/C20H24FN5O/c1-22-20(27)17-10-9-15(25(17)2)16-8-3-4-11-26(16)12-18-23-14-7-5-6-13(21)19(14)24-18/h5-7,9-10,16H,3-4,8,11-12H2,1-2H3,(H,22,27)(H,23,24). The number of nitrogens with zero attached hydrogens (tertiary/aromatic N) is 3. The number of H-pyrrole nitrogens is 1. The van der Waals surface area contributed by atoms with Gasteiger partial charge < -0.3 is 14.9 Å². The van der Waals surface area contributed by atoms with Crippen molar-refractivity contribution in [1.29, 1.82) is 0 Å². The zero-order chi connectivity index (χ0) is 19.0. The van der Waals surface area contributed by atoms with Gasteiger partial charge in [-0.2, -0.15) is 0 Å². The minimum absolute atomic E-state index is 0.0844. The number of halogens is 1. The summed E-state index contributed by atoms with van der Waals surface area (Å²) in [5.41, 5.74) is 2.89. The minimum Gasteiger partial charge on any atom is -0.354 e. The first kappa shape index (κ1) is 17.7. The molecule has 0 radical (unpaired) electrons. The largest absolute Gasteiger partial charge is 0.354 e. The van der Waals surface area contributed by atoms with Crippen LogP contribution in [0.3, 0.4) is 0 Å². The van der Waals surface area contributed by atoms with E-state index in [-0.39, 0.29) is 17.8 Å². The third-order valence-corrected chi connectivity index (χ3v) is 5.44. The van der Waals surface area contributed by atoms with Crippen LogP contribution in [0, 0.1) is 5.82 Å². The van der Waals surface area contributed by atoms with Crippen molar-refractivity contribution in [2.24, 2.45) is 7.05 Å². The Morgan fingerprint density at radius 1 is 1.33 bits per heavy atom. The van der Waals surface area contributed by atoms with E-state index in [1.54, 1.807) is 13.1 Å². The third-order valence-electron chi connectivity index (χ3n) is 5.44. The molecule has 1 unspecified atom stereocenters. The fraction of sp³-hybridized carbons (Fsp3) is 0.400. The summed E-state index contributed by atoms with van der Waals surface area (Å²) in [7, 11) is 3.58. The van der Waals surface area contributed by atoms with Crippen molar-refractivity contribution in [2.45, 2.75) is 31.8 Å². The van der Waals surface area contributed by atoms with E-state index in [2.05, 4.69) is 20.2 Å². The first-order chi connectivity index (χ1) is 13.1. The van der Waals surface area contributed by atoms with Gasteiger partial charge in [0.15, 0.2) is 5.82 Å². The molecule has 0 aliphatic carbocycles. The van der Waals surface area contributed by atoms with Gasteiger partial charge in [0, 0.05) is 19.8 Å². The first-order valence-electron chi connectivity index (χ1n) is 9.33. The highest BCUT2D eigenvalue weighted by molar-refractivity contribution is 5.92. The van der Waals surface area contributed by atoms with E-state index >= 15 is 0 Å². The average molecular weight is 369 g/mol. The molecule has 1 saturated heterocycles. The van der Waals surface area contributed by atoms with Crippen molar-refractivity contribution in [3.63, 3.8) is 0 Å². The molecule has 142 valence electrons. The predicted octanol–water partition coefficient (Wildman–Crippen LogP) is 3.13. The van der Waals surface area contributed by atoms with Gasteiger partial charge in [0.1, 0.15) is 17.0 Å². The number of hydrogen-bond acceptors (Lipinski definition) is 3. The predicted molar refractivity (Wildman–Crippen MR) is 102 cm³/mol. The van der Waals surface area contributed by atoms with E-state index in [0.717, 1.165) is 42.8 Å². The maximum atomic E-state index is 13.9. The summed E-state index contributed by atoms with van der Waals surface area (Å²) in [5.74, 6) is 0.379. The van der Waals surface area contributed by atoms with Gasteiger partial charge in [0.25, 0.3) is 5.91 Å². The number of piperidine rings is 1. The molecular formula is C20H24FN5O. The van der Waals surface area contributed by atoms with E-state index in [0.29, 0.717) is 17.8 Å². The average Bonchev–Trinajstić information content (AvgIpc) is 3.26. The highest BCUT2D eigenvalue weighted by Gasteiger charge is 2.28. The van der Waals surface area contributed by atoms with Crippen LogP contribution in [0.15, 0.2) is 30.3 Å². The number of hydrogen-bond donors (Lipinski definition) is 2. The smallest absolute Gasteiger partial charge is 0.267 e. The summed E-state index contributed by atoms with van der Waals surface area (Å²) < 4.78 is 15.9. The van der Waals surface area contributed by atoms with Crippen molar-refractivity contribution >= 4 is 16.9 Å². The summed E-state index contributed by atoms with van der Waals surface area (Å²) in [6.07, 6.45) is 3.30. The summed E-state index contributed by atoms with van der Waals surface area (Å²) >= 11 is 0. The lowest BCUT2D eigenvalue weighted by Gasteiger charge is -2.35. The van der Waals surface area contributed by atoms with Crippen LogP contribution >= 0.6 is 0 Å². The van der Waals surface area contributed by atoms with Crippen LogP contribution in [0.1, 0.15) is 47.3 Å². The summed E-state index contributed by atoms with van der Waals surface area (Å²) in [5, 5.41) is 2.69. The van der Waals surface area contributed by atoms with Gasteiger partial charge in [-0.1, -0.05) is 12.5 Å². The number of benzene rings is 1. The number of para-hydroxylation sites is 1. The van der Waals surface area contributed by atoms with Gasteiger partial charge in [-0.05, 0) is 43.7 Å². The molecule has 1 aliphatic rings. The molecule has 1 atom stereocenters. The molecule has 7 heteroatoms. The molecule has 0 spiro atoms. The Hall–Kier alpha value is -2.67. The van der Waals surface area contributed by atoms with Crippen LogP contribution in [0.2, 0.25) is 0 Å². The molecule has 3 aromatic rings. The van der Waals surface area contributed by atoms with E-state index in [4.69, 9.17) is 0 Å². The van der Waals surface area contributed by atoms with Gasteiger partial charge in [-0.15, -0.1) is 0 Å². The Morgan fingerprint density at radius 2 is 2.19 bits per heavy atom. The van der Waals surface area contributed by atoms with Crippen molar-refractivity contribution in [3.8, 4) is 0 Å². The number of carbonyl (C=O) groups excluding carboxylic acids is 1. The van der Waals surface area contributed by atoms with Gasteiger partial charge in [0.05, 0.1) is 18.1 Å². The monoisotopic (exact) mass is 369 g/mol. The van der Waals surface area contributed by atoms with E-state index in [1.165, 1.54) is 6.07 Å². The molecule has 3 heterocycles. The highest BCUT2D eigenvalue weighted by atomic mass is 19.1. The Bertz CT molecular complexity index is 976. The van der Waals surface area contributed by atoms with E-state index < -0.39 is 0 Å². The van der Waals surface area contributed by atoms with Crippen molar-refractivity contribution < 1.29 is 9.18 Å². The molecule has 6 nitrogen and oxygen atoms in total. The number of likely N-dealkylation sites (tertiary alicyclic amines) is 1. The van der Waals surface area contributed by atoms with Crippen molar-refractivity contribution in [3.05, 3.63) is 53.4 Å². The molecule has 1 fully saturated rings. The Labute approximate surface area is 157 Å². The Morgan fingerprint density at radius 3 is 2.96 bits per heavy atom. The van der Waals surface area contributed by atoms with E-state index in [9.17, 15) is 9.18 Å². The second-order valence-corrected chi connectivity index (χ2v) is 7.08. The van der Waals surface area contributed by atoms with Crippen LogP contribution in [0.25, 0.3) is 11.0 Å². The fourth-order valence-corrected chi connectivity index (χ4v) is 4.05. The van der Waals surface area contributed by atoms with Crippen LogP contribution in [-0.4, -0.2) is 38.9 Å². The maximum Gasteiger partial charge on any atom is 0.267 e. The molecule has 4 rings (SSSR count). The zero-order valence-electron chi connectivity index (χ0n) is 15.6. The number of aromatic nitrogens is 3. The first-order valence-corrected chi connectivity index (χ1v) is 9.33. The Balaban J connectivity index is 1.62. The topological polar surface area (TPSA) is 66.0 Å². The summed E-state index contributed by atoms with van der Waals surface area (Å²) in [6.45, 7) is 1.57. The number of fused-ring (bicyclic) bond motifs is 1. The quantitative estimate of drug-likeness (QED) is 0.743. The number of imidazole rings is 1. The van der Waals surface area contributed by atoms with Gasteiger partial charge in [0.2, 0.25) is 0 Å². The zero-order valence-corrected chi connectivity index (χ0v) is 15.6.